The predicted octanol–water partition coefficient (Wildman–Crippen LogP) is 1.39. The SMILES string of the molecule is CCONC(=O)c1nnc(C(=O)NC2CC2)cc1Nc1cccc(-c2nc(=O)[nH]n2C(CC)C(=O)O)c1OC. The van der Waals surface area contributed by atoms with Crippen LogP contribution in [0.25, 0.3) is 11.4 Å². The lowest BCUT2D eigenvalue weighted by molar-refractivity contribution is -0.141. The van der Waals surface area contributed by atoms with E-state index in [-0.39, 0.29) is 47.7 Å². The van der Waals surface area contributed by atoms with Crippen molar-refractivity contribution in [1.29, 1.82) is 0 Å². The van der Waals surface area contributed by atoms with Crippen LogP contribution < -0.4 is 26.5 Å². The molecule has 15 nitrogen and oxygen atoms in total. The van der Waals surface area contributed by atoms with Crippen LogP contribution in [0.1, 0.15) is 60.1 Å². The number of benzene rings is 1. The fraction of sp³-hybridized carbons (Fsp3) is 0.375. The summed E-state index contributed by atoms with van der Waals surface area (Å²) in [6, 6.07) is 5.23. The van der Waals surface area contributed by atoms with Crippen LogP contribution in [0.2, 0.25) is 0 Å². The molecule has 1 aromatic carbocycles. The Morgan fingerprint density at radius 1 is 1.18 bits per heavy atom. The number of aromatic nitrogens is 5. The van der Waals surface area contributed by atoms with Gasteiger partial charge in [0.05, 0.1) is 30.7 Å². The Morgan fingerprint density at radius 2 is 1.95 bits per heavy atom. The van der Waals surface area contributed by atoms with Crippen LogP contribution in [0.15, 0.2) is 29.1 Å². The maximum atomic E-state index is 12.7. The highest BCUT2D eigenvalue weighted by Gasteiger charge is 2.28. The maximum Gasteiger partial charge on any atom is 0.361 e. The van der Waals surface area contributed by atoms with Crippen LogP contribution in [-0.4, -0.2) is 67.6 Å². The Morgan fingerprint density at radius 3 is 2.59 bits per heavy atom. The molecule has 39 heavy (non-hydrogen) atoms. The van der Waals surface area contributed by atoms with Crippen LogP contribution >= 0.6 is 0 Å². The van der Waals surface area contributed by atoms with Crippen molar-refractivity contribution in [2.45, 2.75) is 45.2 Å². The van der Waals surface area contributed by atoms with E-state index < -0.39 is 29.5 Å². The minimum absolute atomic E-state index is 0.0131. The molecular weight excluding hydrogens is 512 g/mol. The molecule has 0 bridgehead atoms. The van der Waals surface area contributed by atoms with Gasteiger partial charge in [-0.15, -0.1) is 10.2 Å². The number of hydroxylamine groups is 1. The van der Waals surface area contributed by atoms with Gasteiger partial charge in [0.1, 0.15) is 6.04 Å². The van der Waals surface area contributed by atoms with Gasteiger partial charge in [-0.3, -0.25) is 19.1 Å². The number of amides is 2. The molecule has 0 radical (unpaired) electrons. The molecule has 1 aliphatic rings. The van der Waals surface area contributed by atoms with Crippen molar-refractivity contribution in [3.8, 4) is 17.1 Å². The first-order valence-electron chi connectivity index (χ1n) is 12.2. The number of anilines is 2. The van der Waals surface area contributed by atoms with E-state index in [1.54, 1.807) is 32.0 Å². The third-order valence-corrected chi connectivity index (χ3v) is 5.83. The average molecular weight is 541 g/mol. The third-order valence-electron chi connectivity index (χ3n) is 5.83. The monoisotopic (exact) mass is 540 g/mol. The molecular formula is C24H28N8O7. The summed E-state index contributed by atoms with van der Waals surface area (Å²) >= 11 is 0. The summed E-state index contributed by atoms with van der Waals surface area (Å²) in [5.74, 6) is -2.06. The van der Waals surface area contributed by atoms with Gasteiger partial charge in [-0.2, -0.15) is 4.98 Å². The molecule has 0 aliphatic heterocycles. The number of nitrogens with one attached hydrogen (secondary N) is 4. The van der Waals surface area contributed by atoms with E-state index in [1.807, 2.05) is 0 Å². The van der Waals surface area contributed by atoms with E-state index in [4.69, 9.17) is 9.57 Å². The van der Waals surface area contributed by atoms with Gasteiger partial charge in [-0.25, -0.2) is 20.2 Å². The molecule has 3 aromatic rings. The van der Waals surface area contributed by atoms with Crippen LogP contribution in [0.3, 0.4) is 0 Å². The van der Waals surface area contributed by atoms with E-state index in [0.29, 0.717) is 11.3 Å². The molecule has 2 amide bonds. The number of hydrogen-bond acceptors (Lipinski definition) is 10. The molecule has 1 fully saturated rings. The quantitative estimate of drug-likeness (QED) is 0.208. The summed E-state index contributed by atoms with van der Waals surface area (Å²) in [5, 5.41) is 25.8. The van der Waals surface area contributed by atoms with Crippen molar-refractivity contribution < 1.29 is 29.1 Å². The molecule has 1 atom stereocenters. The van der Waals surface area contributed by atoms with Crippen molar-refractivity contribution in [2.75, 3.05) is 19.0 Å². The Bertz CT molecular complexity index is 1450. The van der Waals surface area contributed by atoms with Gasteiger partial charge in [0.15, 0.2) is 23.0 Å². The lowest BCUT2D eigenvalue weighted by Gasteiger charge is -2.18. The summed E-state index contributed by atoms with van der Waals surface area (Å²) in [4.78, 5) is 58.3. The van der Waals surface area contributed by atoms with Crippen molar-refractivity contribution in [1.82, 2.24) is 35.8 Å². The number of carboxylic acid groups (broad SMARTS) is 1. The molecule has 2 aromatic heterocycles. The van der Waals surface area contributed by atoms with Gasteiger partial charge < -0.3 is 20.5 Å². The highest BCUT2D eigenvalue weighted by molar-refractivity contribution is 6.00. The molecule has 2 heterocycles. The number of aromatic amines is 1. The molecule has 1 unspecified atom stereocenters. The molecule has 5 N–H and O–H groups in total. The average Bonchev–Trinajstić information content (AvgIpc) is 3.66. The van der Waals surface area contributed by atoms with Crippen molar-refractivity contribution >= 4 is 29.2 Å². The Balaban J connectivity index is 1.78. The van der Waals surface area contributed by atoms with Crippen LogP contribution in [0, 0.1) is 0 Å². The Labute approximate surface area is 221 Å². The first kappa shape index (κ1) is 27.3. The second-order valence-electron chi connectivity index (χ2n) is 8.60. The molecule has 4 rings (SSSR count). The molecule has 206 valence electrons. The van der Waals surface area contributed by atoms with E-state index in [1.165, 1.54) is 17.9 Å². The number of rotatable bonds is 12. The Kier molecular flexibility index (Phi) is 8.19. The zero-order valence-corrected chi connectivity index (χ0v) is 21.5. The summed E-state index contributed by atoms with van der Waals surface area (Å²) in [6.45, 7) is 3.56. The van der Waals surface area contributed by atoms with Crippen LogP contribution in [0.4, 0.5) is 11.4 Å². The van der Waals surface area contributed by atoms with Crippen LogP contribution in [-0.2, 0) is 9.63 Å². The maximum absolute atomic E-state index is 12.7. The number of hydrogen-bond donors (Lipinski definition) is 5. The van der Waals surface area contributed by atoms with E-state index in [9.17, 15) is 24.3 Å². The number of para-hydroxylation sites is 1. The normalized spacial score (nSPS) is 13.4. The third kappa shape index (κ3) is 6.04. The van der Waals surface area contributed by atoms with Gasteiger partial charge in [0, 0.05) is 6.04 Å². The fourth-order valence-electron chi connectivity index (χ4n) is 3.83. The van der Waals surface area contributed by atoms with Gasteiger partial charge in [0.25, 0.3) is 11.8 Å². The highest BCUT2D eigenvalue weighted by atomic mass is 16.6. The smallest absolute Gasteiger partial charge is 0.361 e. The van der Waals surface area contributed by atoms with Gasteiger partial charge in [-0.05, 0) is 44.4 Å². The summed E-state index contributed by atoms with van der Waals surface area (Å²) in [5.41, 5.74) is 2.08. The molecule has 15 heteroatoms. The van der Waals surface area contributed by atoms with E-state index in [0.717, 1.165) is 12.8 Å². The summed E-state index contributed by atoms with van der Waals surface area (Å²) in [6.07, 6.45) is 1.94. The predicted molar refractivity (Wildman–Crippen MR) is 137 cm³/mol. The number of methoxy groups -OCH3 is 1. The molecule has 1 saturated carbocycles. The lowest BCUT2D eigenvalue weighted by Crippen LogP contribution is -2.29. The lowest BCUT2D eigenvalue weighted by atomic mass is 10.1. The molecule has 0 spiro atoms. The minimum atomic E-state index is -1.15. The van der Waals surface area contributed by atoms with Gasteiger partial charge in [-0.1, -0.05) is 13.0 Å². The summed E-state index contributed by atoms with van der Waals surface area (Å²) in [7, 11) is 1.38. The zero-order valence-electron chi connectivity index (χ0n) is 21.5. The number of nitrogens with zero attached hydrogens (tertiary/aromatic N) is 4. The number of carbonyl (C=O) groups is 3. The number of aliphatic carboxylic acids is 1. The van der Waals surface area contributed by atoms with Crippen molar-refractivity contribution in [2.24, 2.45) is 0 Å². The Hall–Kier alpha value is -4.79. The largest absolute Gasteiger partial charge is 0.494 e. The first-order chi connectivity index (χ1) is 18.8. The molecule has 0 saturated heterocycles. The number of H-pyrrole nitrogens is 1. The second kappa shape index (κ2) is 11.7. The van der Waals surface area contributed by atoms with E-state index in [2.05, 4.69) is 36.4 Å². The number of carbonyl (C=O) groups excluding carboxylic acids is 2. The number of carboxylic acids is 1. The fourth-order valence-corrected chi connectivity index (χ4v) is 3.83. The second-order valence-corrected chi connectivity index (χ2v) is 8.60. The zero-order chi connectivity index (χ0) is 28.1. The molecule has 1 aliphatic carbocycles. The minimum Gasteiger partial charge on any atom is -0.494 e. The first-order valence-corrected chi connectivity index (χ1v) is 12.2. The van der Waals surface area contributed by atoms with Gasteiger partial charge in [0.2, 0.25) is 0 Å². The van der Waals surface area contributed by atoms with Crippen molar-refractivity contribution in [3.05, 3.63) is 46.1 Å². The summed E-state index contributed by atoms with van der Waals surface area (Å²) < 4.78 is 6.79. The van der Waals surface area contributed by atoms with Gasteiger partial charge >= 0.3 is 11.7 Å². The van der Waals surface area contributed by atoms with Crippen molar-refractivity contribution in [3.63, 3.8) is 0 Å². The van der Waals surface area contributed by atoms with E-state index >= 15 is 0 Å². The number of ether oxygens (including phenoxy) is 1. The standard InChI is InChI=1S/C24H28N8O7/c1-4-17(23(35)36)32-20(27-24(37)30-32)13-7-6-8-14(19(13)38-3)26-15-11-16(21(33)25-12-9-10-12)28-29-18(15)22(34)31-39-5-2/h6-8,11-12,17H,4-5,9-10H2,1-3H3,(H,25,33)(H,26,28)(H,30,37)(H,31,34)(H,35,36). The topological polar surface area (TPSA) is 202 Å². The highest BCUT2D eigenvalue weighted by Crippen LogP contribution is 2.38. The van der Waals surface area contributed by atoms with Crippen LogP contribution in [0.5, 0.6) is 5.75 Å².